The zero-order valence-corrected chi connectivity index (χ0v) is 19.3. The molecule has 0 spiro atoms. The summed E-state index contributed by atoms with van der Waals surface area (Å²) in [5.41, 5.74) is 3.52. The number of aromatic nitrogens is 3. The summed E-state index contributed by atoms with van der Waals surface area (Å²) in [6.45, 7) is 6.75. The molecule has 2 aromatic carbocycles. The van der Waals surface area contributed by atoms with Gasteiger partial charge in [0.25, 0.3) is 0 Å². The topological polar surface area (TPSA) is 69.0 Å². The average molecular weight is 443 g/mol. The fourth-order valence-corrected chi connectivity index (χ4v) is 4.50. The molecule has 0 aliphatic carbocycles. The van der Waals surface area contributed by atoms with Crippen molar-refractivity contribution in [3.8, 4) is 11.4 Å². The van der Waals surface area contributed by atoms with Crippen molar-refractivity contribution in [1.29, 1.82) is 0 Å². The third-order valence-electron chi connectivity index (χ3n) is 4.63. The van der Waals surface area contributed by atoms with Crippen LogP contribution in [-0.4, -0.2) is 45.8 Å². The number of amides is 1. The van der Waals surface area contributed by atoms with Crippen LogP contribution in [0.15, 0.2) is 52.5 Å². The molecule has 8 heteroatoms. The molecule has 0 saturated heterocycles. The summed E-state index contributed by atoms with van der Waals surface area (Å²) in [6, 6.07) is 14.1. The van der Waals surface area contributed by atoms with Gasteiger partial charge in [-0.05, 0) is 68.3 Å². The van der Waals surface area contributed by atoms with Crippen LogP contribution in [0.25, 0.3) is 5.69 Å². The molecule has 1 heterocycles. The van der Waals surface area contributed by atoms with Crippen molar-refractivity contribution >= 4 is 29.4 Å². The maximum atomic E-state index is 12.2. The van der Waals surface area contributed by atoms with Crippen LogP contribution in [0.5, 0.6) is 5.75 Å². The van der Waals surface area contributed by atoms with E-state index in [0.29, 0.717) is 17.5 Å². The van der Waals surface area contributed by atoms with E-state index in [2.05, 4.69) is 47.6 Å². The van der Waals surface area contributed by atoms with Crippen molar-refractivity contribution in [1.82, 2.24) is 20.1 Å². The Morgan fingerprint density at radius 2 is 1.80 bits per heavy atom. The standard InChI is InChI=1S/C22H26N4O2S2/c1-15-5-10-20(13-16(15)2)29-12-11-23-21(27)14-30-22-25-24-17(3)26(22)18-6-8-19(28-4)9-7-18/h5-10,13H,11-12,14H2,1-4H3,(H,23,27). The van der Waals surface area contributed by atoms with Crippen LogP contribution in [0.3, 0.4) is 0 Å². The Kier molecular flexibility index (Phi) is 7.81. The molecule has 1 N–H and O–H groups in total. The number of carbonyl (C=O) groups excluding carboxylic acids is 1. The van der Waals surface area contributed by atoms with Crippen LogP contribution >= 0.6 is 23.5 Å². The van der Waals surface area contributed by atoms with Gasteiger partial charge in [0.05, 0.1) is 12.9 Å². The highest BCUT2D eigenvalue weighted by Crippen LogP contribution is 2.23. The first kappa shape index (κ1) is 22.2. The Hall–Kier alpha value is -2.45. The van der Waals surface area contributed by atoms with Gasteiger partial charge < -0.3 is 10.1 Å². The number of ether oxygens (including phenoxy) is 1. The minimum absolute atomic E-state index is 0.0115. The quantitative estimate of drug-likeness (QED) is 0.396. The molecule has 0 fully saturated rings. The monoisotopic (exact) mass is 442 g/mol. The number of aryl methyl sites for hydroxylation is 3. The van der Waals surface area contributed by atoms with Crippen molar-refractivity contribution in [2.24, 2.45) is 0 Å². The summed E-state index contributed by atoms with van der Waals surface area (Å²) in [6.07, 6.45) is 0. The van der Waals surface area contributed by atoms with E-state index in [1.54, 1.807) is 18.9 Å². The number of nitrogens with zero attached hydrogens (tertiary/aromatic N) is 3. The molecule has 6 nitrogen and oxygen atoms in total. The summed E-state index contributed by atoms with van der Waals surface area (Å²) < 4.78 is 7.15. The zero-order chi connectivity index (χ0) is 21.5. The van der Waals surface area contributed by atoms with Crippen LogP contribution in [0.4, 0.5) is 0 Å². The molecule has 0 bridgehead atoms. The molecule has 1 amide bonds. The van der Waals surface area contributed by atoms with Gasteiger partial charge in [-0.15, -0.1) is 22.0 Å². The fourth-order valence-electron chi connectivity index (χ4n) is 2.81. The van der Waals surface area contributed by atoms with E-state index >= 15 is 0 Å². The zero-order valence-electron chi connectivity index (χ0n) is 17.6. The first-order valence-corrected chi connectivity index (χ1v) is 11.6. The molecule has 0 aliphatic rings. The van der Waals surface area contributed by atoms with Gasteiger partial charge in [-0.1, -0.05) is 17.8 Å². The van der Waals surface area contributed by atoms with Crippen LogP contribution in [0, 0.1) is 20.8 Å². The minimum Gasteiger partial charge on any atom is -0.497 e. The first-order valence-electron chi connectivity index (χ1n) is 9.64. The smallest absolute Gasteiger partial charge is 0.230 e. The molecule has 0 radical (unpaired) electrons. The van der Waals surface area contributed by atoms with Crippen LogP contribution in [-0.2, 0) is 4.79 Å². The van der Waals surface area contributed by atoms with Gasteiger partial charge in [-0.3, -0.25) is 9.36 Å². The molecule has 30 heavy (non-hydrogen) atoms. The average Bonchev–Trinajstić information content (AvgIpc) is 3.12. The summed E-state index contributed by atoms with van der Waals surface area (Å²) in [7, 11) is 1.64. The highest BCUT2D eigenvalue weighted by atomic mass is 32.2. The minimum atomic E-state index is -0.0115. The van der Waals surface area contributed by atoms with Gasteiger partial charge in [0.2, 0.25) is 5.91 Å². The molecular formula is C22H26N4O2S2. The lowest BCUT2D eigenvalue weighted by atomic mass is 10.1. The maximum Gasteiger partial charge on any atom is 0.230 e. The Morgan fingerprint density at radius 3 is 2.50 bits per heavy atom. The van der Waals surface area contributed by atoms with Gasteiger partial charge in [0.15, 0.2) is 5.16 Å². The number of hydrogen-bond acceptors (Lipinski definition) is 6. The second-order valence-corrected chi connectivity index (χ2v) is 8.91. The van der Waals surface area contributed by atoms with Gasteiger partial charge in [0.1, 0.15) is 11.6 Å². The predicted octanol–water partition coefficient (Wildman–Crippen LogP) is 4.20. The van der Waals surface area contributed by atoms with E-state index in [0.717, 1.165) is 23.0 Å². The lowest BCUT2D eigenvalue weighted by Gasteiger charge is -2.09. The summed E-state index contributed by atoms with van der Waals surface area (Å²) in [5, 5.41) is 12.0. The summed E-state index contributed by atoms with van der Waals surface area (Å²) in [4.78, 5) is 13.5. The number of thioether (sulfide) groups is 2. The van der Waals surface area contributed by atoms with Crippen molar-refractivity contribution < 1.29 is 9.53 Å². The Labute approximate surface area is 185 Å². The number of carbonyl (C=O) groups is 1. The van der Waals surface area contributed by atoms with E-state index in [4.69, 9.17) is 4.74 Å². The van der Waals surface area contributed by atoms with E-state index in [1.807, 2.05) is 35.8 Å². The Bertz CT molecular complexity index is 1000. The van der Waals surface area contributed by atoms with Crippen molar-refractivity contribution in [3.05, 3.63) is 59.4 Å². The lowest BCUT2D eigenvalue weighted by Crippen LogP contribution is -2.27. The van der Waals surface area contributed by atoms with E-state index < -0.39 is 0 Å². The van der Waals surface area contributed by atoms with Crippen LogP contribution < -0.4 is 10.1 Å². The van der Waals surface area contributed by atoms with Gasteiger partial charge in [0, 0.05) is 22.9 Å². The van der Waals surface area contributed by atoms with E-state index in [-0.39, 0.29) is 5.91 Å². The highest BCUT2D eigenvalue weighted by molar-refractivity contribution is 7.99. The largest absolute Gasteiger partial charge is 0.497 e. The van der Waals surface area contributed by atoms with Crippen molar-refractivity contribution in [3.63, 3.8) is 0 Å². The fraction of sp³-hybridized carbons (Fsp3) is 0.318. The van der Waals surface area contributed by atoms with Crippen LogP contribution in [0.1, 0.15) is 17.0 Å². The summed E-state index contributed by atoms with van der Waals surface area (Å²) >= 11 is 3.13. The van der Waals surface area contributed by atoms with Crippen LogP contribution in [0.2, 0.25) is 0 Å². The molecule has 3 rings (SSSR count). The predicted molar refractivity (Wildman–Crippen MR) is 123 cm³/mol. The molecule has 3 aromatic rings. The van der Waals surface area contributed by atoms with Gasteiger partial charge >= 0.3 is 0 Å². The Balaban J connectivity index is 1.48. The Morgan fingerprint density at radius 1 is 1.03 bits per heavy atom. The molecule has 158 valence electrons. The highest BCUT2D eigenvalue weighted by Gasteiger charge is 2.13. The molecule has 1 aromatic heterocycles. The molecule has 0 saturated carbocycles. The third kappa shape index (κ3) is 5.79. The van der Waals surface area contributed by atoms with Gasteiger partial charge in [-0.2, -0.15) is 0 Å². The number of nitrogens with one attached hydrogen (secondary N) is 1. The second-order valence-electron chi connectivity index (χ2n) is 6.80. The second kappa shape index (κ2) is 10.5. The molecule has 0 aliphatic heterocycles. The van der Waals surface area contributed by atoms with Crippen molar-refractivity contribution in [2.45, 2.75) is 30.8 Å². The number of methoxy groups -OCH3 is 1. The number of hydrogen-bond donors (Lipinski definition) is 1. The molecular weight excluding hydrogens is 416 g/mol. The summed E-state index contributed by atoms with van der Waals surface area (Å²) in [5.74, 6) is 2.68. The number of rotatable bonds is 9. The van der Waals surface area contributed by atoms with Crippen molar-refractivity contribution in [2.75, 3.05) is 25.2 Å². The molecule has 0 unspecified atom stereocenters. The maximum absolute atomic E-state index is 12.2. The van der Waals surface area contributed by atoms with E-state index in [1.165, 1.54) is 27.8 Å². The third-order valence-corrected chi connectivity index (χ3v) is 6.55. The van der Waals surface area contributed by atoms with E-state index in [9.17, 15) is 4.79 Å². The number of benzene rings is 2. The van der Waals surface area contributed by atoms with Gasteiger partial charge in [-0.25, -0.2) is 0 Å². The normalized spacial score (nSPS) is 10.8. The first-order chi connectivity index (χ1) is 14.5. The lowest BCUT2D eigenvalue weighted by molar-refractivity contribution is -0.118. The SMILES string of the molecule is COc1ccc(-n2c(C)nnc2SCC(=O)NCCSc2ccc(C)c(C)c2)cc1. The molecule has 0 atom stereocenters.